The Balaban J connectivity index is 2.02. The van der Waals surface area contributed by atoms with Crippen molar-refractivity contribution in [3.8, 4) is 6.01 Å². The molecule has 1 rings (SSSR count). The van der Waals surface area contributed by atoms with Crippen LogP contribution in [0.1, 0.15) is 51.9 Å². The van der Waals surface area contributed by atoms with E-state index >= 15 is 0 Å². The van der Waals surface area contributed by atoms with Crippen LogP contribution in [0, 0.1) is 0 Å². The first-order chi connectivity index (χ1) is 8.83. The van der Waals surface area contributed by atoms with E-state index in [1.165, 1.54) is 38.5 Å². The van der Waals surface area contributed by atoms with Crippen molar-refractivity contribution in [2.45, 2.75) is 51.9 Å². The van der Waals surface area contributed by atoms with Crippen LogP contribution in [0.25, 0.3) is 0 Å². The highest BCUT2D eigenvalue weighted by molar-refractivity contribution is 9.10. The minimum Gasteiger partial charge on any atom is -0.433 e. The van der Waals surface area contributed by atoms with Crippen molar-refractivity contribution in [2.75, 3.05) is 0 Å². The van der Waals surface area contributed by atoms with Crippen molar-refractivity contribution in [3.05, 3.63) is 29.2 Å². The molecule has 1 heterocycles. The summed E-state index contributed by atoms with van der Waals surface area (Å²) in [5.41, 5.74) is 0. The molecule has 18 heavy (non-hydrogen) atoms. The van der Waals surface area contributed by atoms with E-state index in [9.17, 15) is 0 Å². The number of hydrogen-bond acceptors (Lipinski definition) is 3. The molecule has 1 aromatic heterocycles. The molecule has 4 heteroatoms. The second-order valence-corrected chi connectivity index (χ2v) is 5.15. The highest BCUT2D eigenvalue weighted by Gasteiger charge is 1.93. The lowest BCUT2D eigenvalue weighted by Gasteiger charge is -1.98. The molecule has 3 nitrogen and oxygen atoms in total. The van der Waals surface area contributed by atoms with Gasteiger partial charge in [0.15, 0.2) is 0 Å². The molecule has 0 aliphatic heterocycles. The van der Waals surface area contributed by atoms with Crippen molar-refractivity contribution >= 4 is 15.9 Å². The van der Waals surface area contributed by atoms with Gasteiger partial charge in [0.05, 0.1) is 10.7 Å². The number of ether oxygens (including phenoxy) is 1. The standard InChI is InChI=1S/C14H21BrN2O/c1-2-3-4-5-6-7-8-9-10-18-14-16-11-13(15)12-17-14/h9-12H,2-8H2,1H3/b10-9+. The topological polar surface area (TPSA) is 35.0 Å². The Morgan fingerprint density at radius 1 is 1.11 bits per heavy atom. The minimum absolute atomic E-state index is 0.386. The summed E-state index contributed by atoms with van der Waals surface area (Å²) < 4.78 is 6.14. The lowest BCUT2D eigenvalue weighted by atomic mass is 10.1. The van der Waals surface area contributed by atoms with Gasteiger partial charge in [-0.05, 0) is 34.8 Å². The van der Waals surface area contributed by atoms with Gasteiger partial charge in [0.1, 0.15) is 0 Å². The van der Waals surface area contributed by atoms with Crippen LogP contribution in [-0.2, 0) is 0 Å². The zero-order valence-corrected chi connectivity index (χ0v) is 12.5. The highest BCUT2D eigenvalue weighted by Crippen LogP contribution is 2.09. The van der Waals surface area contributed by atoms with Crippen molar-refractivity contribution in [2.24, 2.45) is 0 Å². The van der Waals surface area contributed by atoms with Crippen LogP contribution in [0.5, 0.6) is 6.01 Å². The number of hydrogen-bond donors (Lipinski definition) is 0. The van der Waals surface area contributed by atoms with Crippen LogP contribution in [0.3, 0.4) is 0 Å². The summed E-state index contributed by atoms with van der Waals surface area (Å²) in [6, 6.07) is 0.386. The van der Waals surface area contributed by atoms with Crippen LogP contribution >= 0.6 is 15.9 Å². The molecule has 0 amide bonds. The van der Waals surface area contributed by atoms with Gasteiger partial charge >= 0.3 is 6.01 Å². The Morgan fingerprint density at radius 3 is 2.50 bits per heavy atom. The van der Waals surface area contributed by atoms with E-state index in [1.54, 1.807) is 18.7 Å². The molecule has 0 atom stereocenters. The molecular formula is C14H21BrN2O. The zero-order chi connectivity index (χ0) is 13.1. The summed E-state index contributed by atoms with van der Waals surface area (Å²) in [7, 11) is 0. The first kappa shape index (κ1) is 15.2. The summed E-state index contributed by atoms with van der Waals surface area (Å²) in [4.78, 5) is 8.03. The number of nitrogens with zero attached hydrogens (tertiary/aromatic N) is 2. The predicted octanol–water partition coefficient (Wildman–Crippen LogP) is 4.88. The third-order valence-corrected chi connectivity index (χ3v) is 3.00. The van der Waals surface area contributed by atoms with Gasteiger partial charge in [0, 0.05) is 12.4 Å². The van der Waals surface area contributed by atoms with Crippen LogP contribution in [0.4, 0.5) is 0 Å². The molecule has 0 fully saturated rings. The smallest absolute Gasteiger partial charge is 0.321 e. The van der Waals surface area contributed by atoms with Crippen LogP contribution in [-0.4, -0.2) is 9.97 Å². The summed E-state index contributed by atoms with van der Waals surface area (Å²) in [6.07, 6.45) is 16.0. The number of aromatic nitrogens is 2. The Hall–Kier alpha value is -0.900. The summed E-state index contributed by atoms with van der Waals surface area (Å²) in [5, 5.41) is 0. The van der Waals surface area contributed by atoms with Crippen molar-refractivity contribution in [1.29, 1.82) is 0 Å². The van der Waals surface area contributed by atoms with E-state index in [-0.39, 0.29) is 0 Å². The van der Waals surface area contributed by atoms with E-state index in [0.717, 1.165) is 10.9 Å². The number of allylic oxidation sites excluding steroid dienone is 1. The second kappa shape index (κ2) is 10.1. The third kappa shape index (κ3) is 7.43. The van der Waals surface area contributed by atoms with Gasteiger partial charge in [-0.2, -0.15) is 0 Å². The average Bonchev–Trinajstić information content (AvgIpc) is 2.39. The van der Waals surface area contributed by atoms with E-state index in [0.29, 0.717) is 6.01 Å². The van der Waals surface area contributed by atoms with Crippen LogP contribution in [0.15, 0.2) is 29.2 Å². The Morgan fingerprint density at radius 2 is 1.78 bits per heavy atom. The highest BCUT2D eigenvalue weighted by atomic mass is 79.9. The molecule has 0 saturated carbocycles. The molecule has 0 unspecified atom stereocenters. The van der Waals surface area contributed by atoms with Gasteiger partial charge < -0.3 is 4.74 Å². The fourth-order valence-corrected chi connectivity index (χ4v) is 1.79. The van der Waals surface area contributed by atoms with Gasteiger partial charge in [-0.1, -0.05) is 39.0 Å². The van der Waals surface area contributed by atoms with E-state index < -0.39 is 0 Å². The maximum Gasteiger partial charge on any atom is 0.321 e. The SMILES string of the molecule is CCCCCCCC/C=C/Oc1ncc(Br)cn1. The van der Waals surface area contributed by atoms with E-state index in [4.69, 9.17) is 4.74 Å². The maximum atomic E-state index is 5.28. The van der Waals surface area contributed by atoms with Gasteiger partial charge in [-0.25, -0.2) is 9.97 Å². The van der Waals surface area contributed by atoms with Crippen molar-refractivity contribution in [3.63, 3.8) is 0 Å². The molecule has 100 valence electrons. The quantitative estimate of drug-likeness (QED) is 0.481. The summed E-state index contributed by atoms with van der Waals surface area (Å²) in [6.45, 7) is 2.24. The third-order valence-electron chi connectivity index (χ3n) is 2.59. The molecule has 1 aromatic rings. The normalized spacial score (nSPS) is 11.0. The molecule has 0 N–H and O–H groups in total. The van der Waals surface area contributed by atoms with Crippen LogP contribution in [0.2, 0.25) is 0 Å². The van der Waals surface area contributed by atoms with E-state index in [1.807, 2.05) is 6.08 Å². The summed E-state index contributed by atoms with van der Waals surface area (Å²) >= 11 is 3.27. The largest absolute Gasteiger partial charge is 0.433 e. The number of unbranched alkanes of at least 4 members (excludes halogenated alkanes) is 6. The molecule has 0 aromatic carbocycles. The van der Waals surface area contributed by atoms with Gasteiger partial charge in [0.2, 0.25) is 0 Å². The predicted molar refractivity (Wildman–Crippen MR) is 77.5 cm³/mol. The lowest BCUT2D eigenvalue weighted by Crippen LogP contribution is -1.89. The molecule has 0 aliphatic rings. The summed E-state index contributed by atoms with van der Waals surface area (Å²) in [5.74, 6) is 0. The Labute approximate surface area is 118 Å². The average molecular weight is 313 g/mol. The number of rotatable bonds is 9. The van der Waals surface area contributed by atoms with Crippen LogP contribution < -0.4 is 4.74 Å². The van der Waals surface area contributed by atoms with Crippen molar-refractivity contribution in [1.82, 2.24) is 9.97 Å². The Bertz CT molecular complexity index is 338. The molecule has 0 aliphatic carbocycles. The first-order valence-electron chi connectivity index (χ1n) is 6.62. The molecule has 0 spiro atoms. The zero-order valence-electron chi connectivity index (χ0n) is 10.9. The molecule has 0 saturated heterocycles. The molecule has 0 radical (unpaired) electrons. The second-order valence-electron chi connectivity index (χ2n) is 4.23. The maximum absolute atomic E-state index is 5.28. The minimum atomic E-state index is 0.386. The van der Waals surface area contributed by atoms with Gasteiger partial charge in [0.25, 0.3) is 0 Å². The first-order valence-corrected chi connectivity index (χ1v) is 7.41. The van der Waals surface area contributed by atoms with Gasteiger partial charge in [-0.3, -0.25) is 0 Å². The van der Waals surface area contributed by atoms with Crippen molar-refractivity contribution < 1.29 is 4.74 Å². The number of halogens is 1. The lowest BCUT2D eigenvalue weighted by molar-refractivity contribution is 0.437. The fourth-order valence-electron chi connectivity index (χ4n) is 1.58. The monoisotopic (exact) mass is 312 g/mol. The molecular weight excluding hydrogens is 292 g/mol. The Kier molecular flexibility index (Phi) is 8.47. The fraction of sp³-hybridized carbons (Fsp3) is 0.571. The molecule has 0 bridgehead atoms. The van der Waals surface area contributed by atoms with E-state index in [2.05, 4.69) is 32.8 Å². The van der Waals surface area contributed by atoms with Gasteiger partial charge in [-0.15, -0.1) is 0 Å².